The maximum absolute atomic E-state index is 11.3. The predicted octanol–water partition coefficient (Wildman–Crippen LogP) is 4.92. The van der Waals surface area contributed by atoms with Crippen LogP contribution in [-0.2, 0) is 15.7 Å². The summed E-state index contributed by atoms with van der Waals surface area (Å²) in [7, 11) is 1.60. The fourth-order valence-corrected chi connectivity index (χ4v) is 3.71. The largest absolute Gasteiger partial charge is 0.489 e. The Labute approximate surface area is 141 Å². The molecule has 2 aromatic rings. The van der Waals surface area contributed by atoms with Crippen LogP contribution in [0.1, 0.15) is 11.1 Å². The van der Waals surface area contributed by atoms with E-state index in [9.17, 15) is 8.42 Å². The molecule has 0 aromatic heterocycles. The van der Waals surface area contributed by atoms with Crippen LogP contribution < -0.4 is 4.74 Å². The smallest absolute Gasteiger partial charge is 0.261 e. The Bertz CT molecular complexity index is 776. The van der Waals surface area contributed by atoms with E-state index >= 15 is 0 Å². The van der Waals surface area contributed by atoms with Crippen LogP contribution in [0.2, 0.25) is 5.02 Å². The van der Waals surface area contributed by atoms with E-state index in [1.54, 1.807) is 25.1 Å². The van der Waals surface area contributed by atoms with Crippen LogP contribution >= 0.6 is 38.2 Å². The van der Waals surface area contributed by atoms with Gasteiger partial charge in [0.25, 0.3) is 9.05 Å². The number of benzene rings is 2. The van der Waals surface area contributed by atoms with Gasteiger partial charge in [0.2, 0.25) is 0 Å². The van der Waals surface area contributed by atoms with Gasteiger partial charge in [-0.2, -0.15) is 0 Å². The van der Waals surface area contributed by atoms with Crippen LogP contribution in [0.15, 0.2) is 45.8 Å². The number of ether oxygens (including phenoxy) is 1. The van der Waals surface area contributed by atoms with Crippen LogP contribution in [0.5, 0.6) is 5.75 Å². The summed E-state index contributed by atoms with van der Waals surface area (Å²) in [5.74, 6) is 0.551. The molecule has 0 saturated carbocycles. The molecule has 21 heavy (non-hydrogen) atoms. The van der Waals surface area contributed by atoms with E-state index in [2.05, 4.69) is 15.9 Å². The molecule has 0 amide bonds. The molecule has 0 aliphatic heterocycles. The lowest BCUT2D eigenvalue weighted by Crippen LogP contribution is -1.99. The quantitative estimate of drug-likeness (QED) is 0.673. The molecule has 0 unspecified atom stereocenters. The second kappa shape index (κ2) is 6.57. The van der Waals surface area contributed by atoms with Gasteiger partial charge >= 0.3 is 0 Å². The molecule has 0 saturated heterocycles. The van der Waals surface area contributed by atoms with Gasteiger partial charge in [-0.25, -0.2) is 8.42 Å². The van der Waals surface area contributed by atoms with Gasteiger partial charge in [-0.1, -0.05) is 33.6 Å². The van der Waals surface area contributed by atoms with E-state index in [0.29, 0.717) is 22.9 Å². The van der Waals surface area contributed by atoms with Crippen molar-refractivity contribution in [2.75, 3.05) is 0 Å². The Hall–Kier alpha value is -0.750. The van der Waals surface area contributed by atoms with E-state index in [0.717, 1.165) is 10.0 Å². The van der Waals surface area contributed by atoms with Gasteiger partial charge in [0, 0.05) is 25.7 Å². The van der Waals surface area contributed by atoms with Gasteiger partial charge in [-0.15, -0.1) is 0 Å². The number of hydrogen-bond donors (Lipinski definition) is 0. The summed E-state index contributed by atoms with van der Waals surface area (Å²) in [4.78, 5) is 0.0817. The lowest BCUT2D eigenvalue weighted by Gasteiger charge is -2.10. The minimum absolute atomic E-state index is 0.0817. The average Bonchev–Trinajstić information content (AvgIpc) is 2.36. The molecule has 0 atom stereocenters. The van der Waals surface area contributed by atoms with Crippen LogP contribution in [-0.4, -0.2) is 8.42 Å². The van der Waals surface area contributed by atoms with Crippen molar-refractivity contribution in [3.8, 4) is 5.75 Å². The van der Waals surface area contributed by atoms with Crippen molar-refractivity contribution in [1.29, 1.82) is 0 Å². The highest BCUT2D eigenvalue weighted by Crippen LogP contribution is 2.26. The minimum atomic E-state index is -3.74. The first-order valence-corrected chi connectivity index (χ1v) is 9.37. The number of halogens is 3. The molecule has 2 rings (SSSR count). The molecule has 0 fully saturated rings. The van der Waals surface area contributed by atoms with Gasteiger partial charge in [-0.3, -0.25) is 0 Å². The fourth-order valence-electron chi connectivity index (χ4n) is 1.79. The number of rotatable bonds is 4. The zero-order chi connectivity index (χ0) is 15.6. The zero-order valence-corrected chi connectivity index (χ0v) is 14.9. The topological polar surface area (TPSA) is 43.4 Å². The van der Waals surface area contributed by atoms with Crippen LogP contribution in [0.4, 0.5) is 0 Å². The van der Waals surface area contributed by atoms with E-state index in [1.807, 2.05) is 12.1 Å². The van der Waals surface area contributed by atoms with Gasteiger partial charge in [-0.05, 0) is 42.8 Å². The molecule has 112 valence electrons. The summed E-state index contributed by atoms with van der Waals surface area (Å²) in [5, 5.41) is 0.598. The summed E-state index contributed by atoms with van der Waals surface area (Å²) in [6, 6.07) is 10.1. The standard InChI is InChI=1S/C14H11BrCl2O3S/c1-9-6-12(4-5-14(9)21(17,18)19)20-8-10-2-3-11(15)7-13(10)16/h2-7H,8H2,1H3. The van der Waals surface area contributed by atoms with Crippen molar-refractivity contribution in [3.05, 3.63) is 57.0 Å². The van der Waals surface area contributed by atoms with Crippen molar-refractivity contribution in [3.63, 3.8) is 0 Å². The third-order valence-electron chi connectivity index (χ3n) is 2.82. The first-order valence-electron chi connectivity index (χ1n) is 5.89. The number of hydrogen-bond acceptors (Lipinski definition) is 3. The maximum atomic E-state index is 11.3. The summed E-state index contributed by atoms with van der Waals surface area (Å²) in [5.41, 5.74) is 1.37. The van der Waals surface area contributed by atoms with Crippen LogP contribution in [0, 0.1) is 6.92 Å². The molecule has 0 spiro atoms. The van der Waals surface area contributed by atoms with Gasteiger partial charge in [0.05, 0.1) is 4.90 Å². The Balaban J connectivity index is 2.16. The summed E-state index contributed by atoms with van der Waals surface area (Å²) in [6.45, 7) is 1.95. The molecular weight excluding hydrogens is 399 g/mol. The van der Waals surface area contributed by atoms with Crippen LogP contribution in [0.25, 0.3) is 0 Å². The zero-order valence-electron chi connectivity index (χ0n) is 10.9. The SMILES string of the molecule is Cc1cc(OCc2ccc(Br)cc2Cl)ccc1S(=O)(=O)Cl. The van der Waals surface area contributed by atoms with Crippen LogP contribution in [0.3, 0.4) is 0 Å². The Morgan fingerprint density at radius 1 is 1.19 bits per heavy atom. The third kappa shape index (κ3) is 4.36. The van der Waals surface area contributed by atoms with E-state index in [-0.39, 0.29) is 4.90 Å². The molecule has 0 N–H and O–H groups in total. The minimum Gasteiger partial charge on any atom is -0.489 e. The lowest BCUT2D eigenvalue weighted by molar-refractivity contribution is 0.306. The maximum Gasteiger partial charge on any atom is 0.261 e. The normalized spacial score (nSPS) is 11.4. The van der Waals surface area contributed by atoms with Crippen molar-refractivity contribution in [2.45, 2.75) is 18.4 Å². The molecule has 0 radical (unpaired) electrons. The molecular formula is C14H11BrCl2O3S. The predicted molar refractivity (Wildman–Crippen MR) is 87.7 cm³/mol. The molecule has 0 bridgehead atoms. The molecule has 2 aromatic carbocycles. The highest BCUT2D eigenvalue weighted by molar-refractivity contribution is 9.10. The third-order valence-corrected chi connectivity index (χ3v) is 5.15. The molecule has 0 aliphatic carbocycles. The molecule has 7 heteroatoms. The summed E-state index contributed by atoms with van der Waals surface area (Å²) in [6.07, 6.45) is 0. The Kier molecular flexibility index (Phi) is 5.20. The van der Waals surface area contributed by atoms with E-state index in [4.69, 9.17) is 27.0 Å². The highest BCUT2D eigenvalue weighted by atomic mass is 79.9. The van der Waals surface area contributed by atoms with E-state index < -0.39 is 9.05 Å². The highest BCUT2D eigenvalue weighted by Gasteiger charge is 2.13. The van der Waals surface area contributed by atoms with Crippen molar-refractivity contribution >= 4 is 47.3 Å². The number of aryl methyl sites for hydroxylation is 1. The van der Waals surface area contributed by atoms with Gasteiger partial charge in [0.15, 0.2) is 0 Å². The second-order valence-electron chi connectivity index (χ2n) is 4.39. The molecule has 3 nitrogen and oxygen atoms in total. The second-order valence-corrected chi connectivity index (χ2v) is 8.25. The molecule has 0 heterocycles. The van der Waals surface area contributed by atoms with Gasteiger partial charge in [0.1, 0.15) is 12.4 Å². The first-order chi connectivity index (χ1) is 9.77. The van der Waals surface area contributed by atoms with Crippen molar-refractivity contribution < 1.29 is 13.2 Å². The van der Waals surface area contributed by atoms with Crippen molar-refractivity contribution in [2.24, 2.45) is 0 Å². The average molecular weight is 410 g/mol. The van der Waals surface area contributed by atoms with Gasteiger partial charge < -0.3 is 4.74 Å². The summed E-state index contributed by atoms with van der Waals surface area (Å²) >= 11 is 9.44. The monoisotopic (exact) mass is 408 g/mol. The Morgan fingerprint density at radius 3 is 2.48 bits per heavy atom. The van der Waals surface area contributed by atoms with Crippen molar-refractivity contribution in [1.82, 2.24) is 0 Å². The summed E-state index contributed by atoms with van der Waals surface area (Å²) < 4.78 is 29.2. The fraction of sp³-hybridized carbons (Fsp3) is 0.143. The molecule has 0 aliphatic rings. The lowest BCUT2D eigenvalue weighted by atomic mass is 10.2. The van der Waals surface area contributed by atoms with E-state index in [1.165, 1.54) is 6.07 Å². The Morgan fingerprint density at radius 2 is 1.90 bits per heavy atom. The first kappa shape index (κ1) is 16.6.